The van der Waals surface area contributed by atoms with E-state index in [1.165, 1.54) is 5.56 Å². The summed E-state index contributed by atoms with van der Waals surface area (Å²) in [4.78, 5) is 2.15. The number of nitrogens with zero attached hydrogens (tertiary/aromatic N) is 1. The topological polar surface area (TPSA) is 55.3 Å². The third-order valence-electron chi connectivity index (χ3n) is 3.41. The lowest BCUT2D eigenvalue weighted by Gasteiger charge is -2.28. The Hall–Kier alpha value is -1.87. The predicted octanol–water partition coefficient (Wildman–Crippen LogP) is 3.70. The summed E-state index contributed by atoms with van der Waals surface area (Å²) in [6, 6.07) is 13.8. The molecule has 2 rings (SSSR count). The van der Waals surface area contributed by atoms with E-state index in [-0.39, 0.29) is 6.04 Å². The van der Waals surface area contributed by atoms with Crippen molar-refractivity contribution in [1.29, 1.82) is 0 Å². The number of benzene rings is 2. The molecule has 3 nitrogen and oxygen atoms in total. The zero-order chi connectivity index (χ0) is 14.0. The maximum atomic E-state index is 5.91. The van der Waals surface area contributed by atoms with Crippen molar-refractivity contribution >= 4 is 28.7 Å². The fourth-order valence-electron chi connectivity index (χ4n) is 1.97. The van der Waals surface area contributed by atoms with E-state index < -0.39 is 0 Å². The second-order valence-corrected chi connectivity index (χ2v) is 5.09. The molecular weight excluding hydrogens is 258 g/mol. The highest BCUT2D eigenvalue weighted by atomic mass is 35.5. The molecule has 0 amide bonds. The number of nitrogens with two attached hydrogens (primary N) is 2. The maximum absolute atomic E-state index is 5.91. The molecule has 0 aliphatic rings. The van der Waals surface area contributed by atoms with E-state index in [0.717, 1.165) is 10.7 Å². The van der Waals surface area contributed by atoms with Gasteiger partial charge in [-0.05, 0) is 42.8 Å². The van der Waals surface area contributed by atoms with Crippen molar-refractivity contribution < 1.29 is 0 Å². The summed E-state index contributed by atoms with van der Waals surface area (Å²) in [6.45, 7) is 2.13. The predicted molar refractivity (Wildman–Crippen MR) is 83.5 cm³/mol. The second kappa shape index (κ2) is 5.41. The van der Waals surface area contributed by atoms with Gasteiger partial charge < -0.3 is 16.4 Å². The largest absolute Gasteiger partial charge is 0.397 e. The quantitative estimate of drug-likeness (QED) is 0.840. The third kappa shape index (κ3) is 2.93. The van der Waals surface area contributed by atoms with Crippen molar-refractivity contribution in [1.82, 2.24) is 0 Å². The van der Waals surface area contributed by atoms with Crippen molar-refractivity contribution in [2.75, 3.05) is 23.4 Å². The van der Waals surface area contributed by atoms with Gasteiger partial charge in [0.05, 0.1) is 17.4 Å². The first kappa shape index (κ1) is 13.6. The molecule has 0 saturated carbocycles. The third-order valence-corrected chi connectivity index (χ3v) is 3.66. The van der Waals surface area contributed by atoms with Gasteiger partial charge in [-0.1, -0.05) is 23.7 Å². The van der Waals surface area contributed by atoms with E-state index >= 15 is 0 Å². The molecule has 0 aromatic heterocycles. The molecule has 0 bridgehead atoms. The summed E-state index contributed by atoms with van der Waals surface area (Å²) in [6.07, 6.45) is 0. The van der Waals surface area contributed by atoms with Gasteiger partial charge in [0.15, 0.2) is 0 Å². The van der Waals surface area contributed by atoms with Crippen LogP contribution >= 0.6 is 11.6 Å². The normalized spacial score (nSPS) is 12.2. The summed E-state index contributed by atoms with van der Waals surface area (Å²) >= 11 is 5.91. The Bertz CT molecular complexity index is 566. The van der Waals surface area contributed by atoms with Crippen LogP contribution in [0, 0.1) is 0 Å². The zero-order valence-electron chi connectivity index (χ0n) is 11.1. The van der Waals surface area contributed by atoms with E-state index in [2.05, 4.69) is 11.8 Å². The number of hydrogen-bond donors (Lipinski definition) is 2. The number of hydrogen-bond acceptors (Lipinski definition) is 3. The van der Waals surface area contributed by atoms with Crippen LogP contribution in [0.1, 0.15) is 18.5 Å². The van der Waals surface area contributed by atoms with Gasteiger partial charge in [0.2, 0.25) is 0 Å². The Kier molecular flexibility index (Phi) is 3.86. The minimum Gasteiger partial charge on any atom is -0.397 e. The Balaban J connectivity index is 2.25. The fraction of sp³-hybridized carbons (Fsp3) is 0.200. The molecule has 1 atom stereocenters. The summed E-state index contributed by atoms with van der Waals surface area (Å²) < 4.78 is 0. The lowest BCUT2D eigenvalue weighted by molar-refractivity contribution is 0.740. The molecular formula is C15H18ClN3. The highest BCUT2D eigenvalue weighted by Gasteiger charge is 2.13. The van der Waals surface area contributed by atoms with Gasteiger partial charge in [-0.15, -0.1) is 0 Å². The van der Waals surface area contributed by atoms with E-state index in [1.807, 2.05) is 49.5 Å². The summed E-state index contributed by atoms with van der Waals surface area (Å²) in [7, 11) is 2.03. The molecule has 0 saturated heterocycles. The number of rotatable bonds is 3. The molecule has 0 aliphatic heterocycles. The molecule has 2 aromatic carbocycles. The van der Waals surface area contributed by atoms with Crippen molar-refractivity contribution in [3.8, 4) is 0 Å². The van der Waals surface area contributed by atoms with Crippen LogP contribution in [0.4, 0.5) is 17.1 Å². The second-order valence-electron chi connectivity index (χ2n) is 4.65. The molecule has 0 heterocycles. The van der Waals surface area contributed by atoms with Crippen LogP contribution in [0.3, 0.4) is 0 Å². The first-order chi connectivity index (χ1) is 8.99. The minimum absolute atomic E-state index is 0.222. The van der Waals surface area contributed by atoms with Gasteiger partial charge >= 0.3 is 0 Å². The molecule has 0 radical (unpaired) electrons. The Morgan fingerprint density at radius 3 is 2.21 bits per heavy atom. The van der Waals surface area contributed by atoms with E-state index in [1.54, 1.807) is 0 Å². The van der Waals surface area contributed by atoms with Crippen LogP contribution in [-0.4, -0.2) is 7.05 Å². The van der Waals surface area contributed by atoms with Crippen LogP contribution < -0.4 is 16.4 Å². The van der Waals surface area contributed by atoms with Crippen molar-refractivity contribution in [3.05, 3.63) is 53.1 Å². The van der Waals surface area contributed by atoms with Crippen LogP contribution in [0.15, 0.2) is 42.5 Å². The number of anilines is 3. The highest BCUT2D eigenvalue weighted by Crippen LogP contribution is 2.29. The van der Waals surface area contributed by atoms with Crippen molar-refractivity contribution in [2.45, 2.75) is 13.0 Å². The molecule has 4 N–H and O–H groups in total. The lowest BCUT2D eigenvalue weighted by atomic mass is 10.1. The highest BCUT2D eigenvalue weighted by molar-refractivity contribution is 6.30. The van der Waals surface area contributed by atoms with E-state index in [0.29, 0.717) is 11.4 Å². The number of halogens is 1. The van der Waals surface area contributed by atoms with E-state index in [4.69, 9.17) is 23.1 Å². The lowest BCUT2D eigenvalue weighted by Crippen LogP contribution is -2.21. The van der Waals surface area contributed by atoms with Crippen LogP contribution in [0.25, 0.3) is 0 Å². The molecule has 19 heavy (non-hydrogen) atoms. The van der Waals surface area contributed by atoms with Crippen LogP contribution in [-0.2, 0) is 0 Å². The maximum Gasteiger partial charge on any atom is 0.0568 e. The van der Waals surface area contributed by atoms with Gasteiger partial charge in [0, 0.05) is 17.8 Å². The zero-order valence-corrected chi connectivity index (χ0v) is 11.9. The van der Waals surface area contributed by atoms with Crippen LogP contribution in [0.5, 0.6) is 0 Å². The molecule has 0 spiro atoms. The molecule has 100 valence electrons. The van der Waals surface area contributed by atoms with Gasteiger partial charge in [-0.2, -0.15) is 0 Å². The van der Waals surface area contributed by atoms with Crippen molar-refractivity contribution in [3.63, 3.8) is 0 Å². The molecule has 1 unspecified atom stereocenters. The minimum atomic E-state index is 0.222. The Morgan fingerprint density at radius 1 is 1.00 bits per heavy atom. The molecule has 0 aliphatic carbocycles. The first-order valence-electron chi connectivity index (χ1n) is 6.12. The standard InChI is InChI=1S/C15H18ClN3/c1-10(11-3-5-12(16)6-4-11)19(2)13-7-8-14(17)15(18)9-13/h3-10H,17-18H2,1-2H3. The molecule has 0 fully saturated rings. The Labute approximate surface area is 118 Å². The Morgan fingerprint density at radius 2 is 1.63 bits per heavy atom. The first-order valence-corrected chi connectivity index (χ1v) is 6.50. The van der Waals surface area contributed by atoms with Gasteiger partial charge in [-0.3, -0.25) is 0 Å². The van der Waals surface area contributed by atoms with Crippen LogP contribution in [0.2, 0.25) is 5.02 Å². The monoisotopic (exact) mass is 275 g/mol. The average Bonchev–Trinajstić information content (AvgIpc) is 2.41. The summed E-state index contributed by atoms with van der Waals surface area (Å²) in [5, 5.41) is 0.746. The average molecular weight is 276 g/mol. The smallest absolute Gasteiger partial charge is 0.0568 e. The molecule has 2 aromatic rings. The SMILES string of the molecule is CC(c1ccc(Cl)cc1)N(C)c1ccc(N)c(N)c1. The van der Waals surface area contributed by atoms with Crippen molar-refractivity contribution in [2.24, 2.45) is 0 Å². The fourth-order valence-corrected chi connectivity index (χ4v) is 2.10. The van der Waals surface area contributed by atoms with Gasteiger partial charge in [-0.25, -0.2) is 0 Å². The molecule has 4 heteroatoms. The number of nitrogen functional groups attached to an aromatic ring is 2. The van der Waals surface area contributed by atoms with Gasteiger partial charge in [0.1, 0.15) is 0 Å². The summed E-state index contributed by atoms with van der Waals surface area (Å²) in [5.74, 6) is 0. The van der Waals surface area contributed by atoms with Gasteiger partial charge in [0.25, 0.3) is 0 Å². The van der Waals surface area contributed by atoms with E-state index in [9.17, 15) is 0 Å². The summed E-state index contributed by atoms with van der Waals surface area (Å²) in [5.41, 5.74) is 15.0.